The molecule has 0 saturated heterocycles. The molecule has 1 aromatic heterocycles. The number of aliphatic hydroxyl groups is 1. The van der Waals surface area contributed by atoms with Crippen molar-refractivity contribution in [3.63, 3.8) is 0 Å². The number of rotatable bonds is 8. The van der Waals surface area contributed by atoms with Crippen LogP contribution in [0, 0.1) is 6.92 Å². The van der Waals surface area contributed by atoms with Gasteiger partial charge in [-0.1, -0.05) is 29.8 Å². The standard InChI is InChI=1S/C16H22N2O2S/c1-13-3-5-14(6-4-13)16-17-15(12-21-16)11-18(7-9-19)8-10-20-2/h3-6,12,19H,7-11H2,1-2H3. The second kappa shape index (κ2) is 8.24. The second-order valence-electron chi connectivity index (χ2n) is 5.00. The predicted molar refractivity (Wildman–Crippen MR) is 86.5 cm³/mol. The normalized spacial score (nSPS) is 11.2. The van der Waals surface area contributed by atoms with Gasteiger partial charge in [0, 0.05) is 37.7 Å². The molecule has 0 aliphatic carbocycles. The molecule has 0 fully saturated rings. The lowest BCUT2D eigenvalue weighted by atomic mass is 10.2. The Labute approximate surface area is 130 Å². The fourth-order valence-corrected chi connectivity index (χ4v) is 2.89. The van der Waals surface area contributed by atoms with Crippen LogP contribution in [0.3, 0.4) is 0 Å². The van der Waals surface area contributed by atoms with E-state index in [0.717, 1.165) is 29.4 Å². The molecule has 0 unspecified atom stereocenters. The predicted octanol–water partition coefficient (Wildman–Crippen LogP) is 2.56. The van der Waals surface area contributed by atoms with Crippen molar-refractivity contribution in [2.24, 2.45) is 0 Å². The first-order valence-electron chi connectivity index (χ1n) is 7.06. The number of methoxy groups -OCH3 is 1. The van der Waals surface area contributed by atoms with Gasteiger partial charge in [0.1, 0.15) is 5.01 Å². The molecule has 2 rings (SSSR count). The van der Waals surface area contributed by atoms with Gasteiger partial charge in [0.2, 0.25) is 0 Å². The molecule has 0 spiro atoms. The van der Waals surface area contributed by atoms with Gasteiger partial charge in [-0.15, -0.1) is 11.3 Å². The van der Waals surface area contributed by atoms with E-state index in [0.29, 0.717) is 13.2 Å². The molecule has 114 valence electrons. The van der Waals surface area contributed by atoms with Gasteiger partial charge in [-0.2, -0.15) is 0 Å². The lowest BCUT2D eigenvalue weighted by molar-refractivity contribution is 0.126. The Morgan fingerprint density at radius 1 is 1.24 bits per heavy atom. The summed E-state index contributed by atoms with van der Waals surface area (Å²) >= 11 is 1.66. The smallest absolute Gasteiger partial charge is 0.123 e. The minimum Gasteiger partial charge on any atom is -0.395 e. The summed E-state index contributed by atoms with van der Waals surface area (Å²) < 4.78 is 5.10. The zero-order valence-corrected chi connectivity index (χ0v) is 13.4. The van der Waals surface area contributed by atoms with Crippen molar-refractivity contribution in [3.05, 3.63) is 40.9 Å². The van der Waals surface area contributed by atoms with Gasteiger partial charge in [0.25, 0.3) is 0 Å². The molecule has 0 atom stereocenters. The minimum absolute atomic E-state index is 0.151. The van der Waals surface area contributed by atoms with E-state index in [1.54, 1.807) is 18.4 Å². The summed E-state index contributed by atoms with van der Waals surface area (Å²) in [6, 6.07) is 8.42. The summed E-state index contributed by atoms with van der Waals surface area (Å²) in [6.45, 7) is 5.08. The van der Waals surface area contributed by atoms with Gasteiger partial charge in [-0.05, 0) is 6.92 Å². The maximum atomic E-state index is 9.12. The van der Waals surface area contributed by atoms with E-state index in [4.69, 9.17) is 14.8 Å². The Balaban J connectivity index is 2.02. The molecule has 0 amide bonds. The van der Waals surface area contributed by atoms with E-state index < -0.39 is 0 Å². The highest BCUT2D eigenvalue weighted by atomic mass is 32.1. The van der Waals surface area contributed by atoms with Crippen LogP contribution < -0.4 is 0 Å². The second-order valence-corrected chi connectivity index (χ2v) is 5.86. The highest BCUT2D eigenvalue weighted by molar-refractivity contribution is 7.13. The maximum Gasteiger partial charge on any atom is 0.123 e. The van der Waals surface area contributed by atoms with E-state index in [2.05, 4.69) is 41.5 Å². The number of aliphatic hydroxyl groups excluding tert-OH is 1. The SMILES string of the molecule is COCCN(CCO)Cc1csc(-c2ccc(C)cc2)n1. The Morgan fingerprint density at radius 2 is 2.00 bits per heavy atom. The van der Waals surface area contributed by atoms with Gasteiger partial charge in [-0.3, -0.25) is 4.90 Å². The number of nitrogens with zero attached hydrogens (tertiary/aromatic N) is 2. The van der Waals surface area contributed by atoms with E-state index in [-0.39, 0.29) is 6.61 Å². The van der Waals surface area contributed by atoms with Crippen molar-refractivity contribution in [1.82, 2.24) is 9.88 Å². The van der Waals surface area contributed by atoms with Crippen LogP contribution >= 0.6 is 11.3 Å². The first-order valence-corrected chi connectivity index (χ1v) is 7.94. The van der Waals surface area contributed by atoms with Crippen molar-refractivity contribution in [3.8, 4) is 10.6 Å². The van der Waals surface area contributed by atoms with Crippen molar-refractivity contribution < 1.29 is 9.84 Å². The third-order valence-electron chi connectivity index (χ3n) is 3.26. The van der Waals surface area contributed by atoms with Crippen molar-refractivity contribution in [1.29, 1.82) is 0 Å². The highest BCUT2D eigenvalue weighted by Gasteiger charge is 2.09. The van der Waals surface area contributed by atoms with Crippen LogP contribution in [0.2, 0.25) is 0 Å². The van der Waals surface area contributed by atoms with Gasteiger partial charge in [0.05, 0.1) is 18.9 Å². The Kier molecular flexibility index (Phi) is 6.32. The number of aromatic nitrogens is 1. The van der Waals surface area contributed by atoms with Gasteiger partial charge in [0.15, 0.2) is 0 Å². The molecule has 0 aliphatic rings. The van der Waals surface area contributed by atoms with E-state index in [1.807, 2.05) is 0 Å². The largest absolute Gasteiger partial charge is 0.395 e. The number of benzene rings is 1. The number of ether oxygens (including phenoxy) is 1. The van der Waals surface area contributed by atoms with Crippen molar-refractivity contribution in [2.75, 3.05) is 33.4 Å². The molecular formula is C16H22N2O2S. The molecule has 2 aromatic rings. The molecule has 21 heavy (non-hydrogen) atoms. The van der Waals surface area contributed by atoms with Gasteiger partial charge >= 0.3 is 0 Å². The molecule has 1 heterocycles. The van der Waals surface area contributed by atoms with Crippen LogP contribution in [-0.2, 0) is 11.3 Å². The highest BCUT2D eigenvalue weighted by Crippen LogP contribution is 2.24. The first-order chi connectivity index (χ1) is 10.2. The third kappa shape index (κ3) is 4.89. The fraction of sp³-hybridized carbons (Fsp3) is 0.438. The summed E-state index contributed by atoms with van der Waals surface area (Å²) in [5.41, 5.74) is 3.45. The van der Waals surface area contributed by atoms with Crippen LogP contribution in [0.4, 0.5) is 0 Å². The summed E-state index contributed by atoms with van der Waals surface area (Å²) in [7, 11) is 1.69. The van der Waals surface area contributed by atoms with Crippen LogP contribution in [0.1, 0.15) is 11.3 Å². The van der Waals surface area contributed by atoms with E-state index in [1.165, 1.54) is 5.56 Å². The van der Waals surface area contributed by atoms with E-state index >= 15 is 0 Å². The lowest BCUT2D eigenvalue weighted by Gasteiger charge is -2.19. The van der Waals surface area contributed by atoms with Gasteiger partial charge < -0.3 is 9.84 Å². The number of aryl methyl sites for hydroxylation is 1. The van der Waals surface area contributed by atoms with Crippen LogP contribution in [-0.4, -0.2) is 48.4 Å². The van der Waals surface area contributed by atoms with E-state index in [9.17, 15) is 0 Å². The van der Waals surface area contributed by atoms with Crippen LogP contribution in [0.25, 0.3) is 10.6 Å². The zero-order chi connectivity index (χ0) is 15.1. The molecule has 5 heteroatoms. The molecule has 4 nitrogen and oxygen atoms in total. The summed E-state index contributed by atoms with van der Waals surface area (Å²) in [4.78, 5) is 6.84. The fourth-order valence-electron chi connectivity index (χ4n) is 2.07. The number of thiazole rings is 1. The Bertz CT molecular complexity index is 539. The summed E-state index contributed by atoms with van der Waals surface area (Å²) in [5.74, 6) is 0. The monoisotopic (exact) mass is 306 g/mol. The lowest BCUT2D eigenvalue weighted by Crippen LogP contribution is -2.29. The molecule has 0 aliphatic heterocycles. The number of hydrogen-bond donors (Lipinski definition) is 1. The minimum atomic E-state index is 0.151. The average Bonchev–Trinajstić information content (AvgIpc) is 2.94. The van der Waals surface area contributed by atoms with Crippen LogP contribution in [0.15, 0.2) is 29.6 Å². The third-order valence-corrected chi connectivity index (χ3v) is 4.20. The summed E-state index contributed by atoms with van der Waals surface area (Å²) in [6.07, 6.45) is 0. The Morgan fingerprint density at radius 3 is 2.67 bits per heavy atom. The molecule has 1 N–H and O–H groups in total. The van der Waals surface area contributed by atoms with Gasteiger partial charge in [-0.25, -0.2) is 4.98 Å². The number of hydrogen-bond acceptors (Lipinski definition) is 5. The van der Waals surface area contributed by atoms with Crippen molar-refractivity contribution >= 4 is 11.3 Å². The molecular weight excluding hydrogens is 284 g/mol. The topological polar surface area (TPSA) is 45.6 Å². The van der Waals surface area contributed by atoms with Crippen LogP contribution in [0.5, 0.6) is 0 Å². The molecule has 1 aromatic carbocycles. The molecule has 0 radical (unpaired) electrons. The summed E-state index contributed by atoms with van der Waals surface area (Å²) in [5, 5.41) is 12.3. The Hall–Kier alpha value is -1.27. The molecule has 0 saturated carbocycles. The van der Waals surface area contributed by atoms with Crippen molar-refractivity contribution in [2.45, 2.75) is 13.5 Å². The zero-order valence-electron chi connectivity index (χ0n) is 12.6. The molecule has 0 bridgehead atoms. The average molecular weight is 306 g/mol. The first kappa shape index (κ1) is 16.1. The quantitative estimate of drug-likeness (QED) is 0.814. The maximum absolute atomic E-state index is 9.12.